The van der Waals surface area contributed by atoms with Crippen LogP contribution in [0.25, 0.3) is 5.76 Å². The number of benzene rings is 1. The third kappa shape index (κ3) is 6.74. The summed E-state index contributed by atoms with van der Waals surface area (Å²) in [5.74, 6) is 0.0839. The zero-order valence-corrected chi connectivity index (χ0v) is 11.8. The molecule has 0 aliphatic heterocycles. The van der Waals surface area contributed by atoms with Crippen LogP contribution in [-0.4, -0.2) is 0 Å². The van der Waals surface area contributed by atoms with Gasteiger partial charge in [-0.3, -0.25) is 0 Å². The van der Waals surface area contributed by atoms with Crippen molar-refractivity contribution in [3.8, 4) is 0 Å². The molecule has 1 radical (unpaired) electrons. The van der Waals surface area contributed by atoms with E-state index in [1.807, 2.05) is 30.3 Å². The summed E-state index contributed by atoms with van der Waals surface area (Å²) in [6, 6.07) is 9.23. The minimum absolute atomic E-state index is 0. The molecule has 1 nitrogen and oxygen atoms in total. The molecule has 0 amide bonds. The Hall–Kier alpha value is 0.717. The standard InChI is InChI=1S/C9H10O.Ce.2ClH/c1-2-9(10)8-6-4-3-5-7-8;;;/h2-7,10H,1H3;;2*1H/q;+3;;/p-3/b9-2+;;;. The van der Waals surface area contributed by atoms with Crippen molar-refractivity contribution in [2.24, 2.45) is 0 Å². The van der Waals surface area contributed by atoms with Crippen LogP contribution in [0.1, 0.15) is 12.5 Å². The van der Waals surface area contributed by atoms with Crippen molar-refractivity contribution >= 4 is 5.76 Å². The quantitative estimate of drug-likeness (QED) is 0.471. The molecule has 0 bridgehead atoms. The molecule has 0 saturated carbocycles. The number of halogens is 2. The fraction of sp³-hybridized carbons (Fsp3) is 0.111. The molecule has 1 rings (SSSR count). The van der Waals surface area contributed by atoms with Crippen LogP contribution in [0, 0.1) is 41.7 Å². The van der Waals surface area contributed by atoms with Gasteiger partial charge >= 0.3 is 41.7 Å². The van der Waals surface area contributed by atoms with Gasteiger partial charge in [-0.1, -0.05) is 36.4 Å². The number of allylic oxidation sites excluding steroid dienone is 1. The molecule has 0 aliphatic carbocycles. The van der Waals surface area contributed by atoms with Gasteiger partial charge in [0.25, 0.3) is 0 Å². The molecule has 0 spiro atoms. The number of hydrogen-bond acceptors (Lipinski definition) is 1. The van der Waals surface area contributed by atoms with Crippen molar-refractivity contribution in [3.63, 3.8) is 0 Å². The molecular formula is C9H9CeCl2O. The minimum Gasteiger partial charge on any atom is -1.00 e. The van der Waals surface area contributed by atoms with Gasteiger partial charge in [0.15, 0.2) is 0 Å². The predicted octanol–water partition coefficient (Wildman–Crippen LogP) is -4.58. The Balaban J connectivity index is -0.000000333. The van der Waals surface area contributed by atoms with Gasteiger partial charge in [0, 0.05) is 0 Å². The normalized spacial score (nSPS) is 8.85. The maximum atomic E-state index is 11.0. The Morgan fingerprint density at radius 2 is 1.62 bits per heavy atom. The van der Waals surface area contributed by atoms with Gasteiger partial charge in [-0.2, -0.15) is 0 Å². The van der Waals surface area contributed by atoms with Gasteiger partial charge in [0.05, 0.1) is 0 Å². The molecule has 0 aromatic heterocycles. The van der Waals surface area contributed by atoms with Crippen LogP contribution in [0.2, 0.25) is 0 Å². The summed E-state index contributed by atoms with van der Waals surface area (Å²) in [5.41, 5.74) is 0.755. The zero-order chi connectivity index (χ0) is 7.40. The summed E-state index contributed by atoms with van der Waals surface area (Å²) >= 11 is 0. The molecule has 1 aromatic rings. The molecule has 1 aromatic carbocycles. The Morgan fingerprint density at radius 1 is 1.15 bits per heavy atom. The van der Waals surface area contributed by atoms with Crippen LogP contribution in [0.3, 0.4) is 0 Å². The van der Waals surface area contributed by atoms with Crippen LogP contribution >= 0.6 is 0 Å². The summed E-state index contributed by atoms with van der Waals surface area (Å²) in [7, 11) is 0. The van der Waals surface area contributed by atoms with Gasteiger partial charge in [0.2, 0.25) is 0 Å². The van der Waals surface area contributed by atoms with Crippen molar-refractivity contribution in [2.45, 2.75) is 6.92 Å². The molecule has 0 N–H and O–H groups in total. The van der Waals surface area contributed by atoms with E-state index in [1.165, 1.54) is 0 Å². The first kappa shape index (κ1) is 19.3. The first-order valence-corrected chi connectivity index (χ1v) is 3.23. The third-order valence-corrected chi connectivity index (χ3v) is 1.32. The second kappa shape index (κ2) is 10.8. The van der Waals surface area contributed by atoms with Crippen molar-refractivity contribution in [1.29, 1.82) is 0 Å². The van der Waals surface area contributed by atoms with E-state index in [0.29, 0.717) is 0 Å². The summed E-state index contributed by atoms with van der Waals surface area (Å²) < 4.78 is 0. The SMILES string of the molecule is C/C=C(/[O-])c1ccccc1.[Ce+3].[Cl-].[Cl-]. The smallest absolute Gasteiger partial charge is 1.00 e. The molecule has 0 saturated heterocycles. The first-order chi connectivity index (χ1) is 4.84. The molecule has 0 fully saturated rings. The van der Waals surface area contributed by atoms with Crippen molar-refractivity contribution in [1.82, 2.24) is 0 Å². The Morgan fingerprint density at radius 3 is 2.00 bits per heavy atom. The van der Waals surface area contributed by atoms with E-state index in [-0.39, 0.29) is 72.3 Å². The van der Waals surface area contributed by atoms with E-state index in [1.54, 1.807) is 13.0 Å². The van der Waals surface area contributed by atoms with Crippen molar-refractivity contribution < 1.29 is 71.7 Å². The van der Waals surface area contributed by atoms with Crippen LogP contribution in [0.5, 0.6) is 0 Å². The largest absolute Gasteiger partial charge is 3.00 e. The second-order valence-electron chi connectivity index (χ2n) is 2.02. The molecule has 0 aliphatic rings. The maximum Gasteiger partial charge on any atom is 3.00 e. The average molecular weight is 344 g/mol. The average Bonchev–Trinajstić information content (AvgIpc) is 2.05. The van der Waals surface area contributed by atoms with E-state index < -0.39 is 0 Å². The predicted molar refractivity (Wildman–Crippen MR) is 40.1 cm³/mol. The number of rotatable bonds is 1. The zero-order valence-electron chi connectivity index (χ0n) is 7.13. The Bertz CT molecular complexity index is 237. The fourth-order valence-corrected chi connectivity index (χ4v) is 0.769. The Kier molecular flexibility index (Phi) is 16.0. The molecule has 0 unspecified atom stereocenters. The Labute approximate surface area is 125 Å². The van der Waals surface area contributed by atoms with Crippen LogP contribution in [-0.2, 0) is 0 Å². The molecule has 13 heavy (non-hydrogen) atoms. The molecule has 69 valence electrons. The molecule has 0 heterocycles. The van der Waals surface area contributed by atoms with Gasteiger partial charge < -0.3 is 29.9 Å². The van der Waals surface area contributed by atoms with E-state index >= 15 is 0 Å². The number of hydrogen-bond donors (Lipinski definition) is 0. The molecule has 4 heteroatoms. The summed E-state index contributed by atoms with van der Waals surface area (Å²) in [4.78, 5) is 0. The van der Waals surface area contributed by atoms with Gasteiger partial charge in [-0.25, -0.2) is 0 Å². The summed E-state index contributed by atoms with van der Waals surface area (Å²) in [6.45, 7) is 1.75. The third-order valence-electron chi connectivity index (χ3n) is 1.32. The molecule has 0 atom stereocenters. The monoisotopic (exact) mass is 343 g/mol. The van der Waals surface area contributed by atoms with Gasteiger partial charge in [-0.05, 0) is 12.5 Å². The topological polar surface area (TPSA) is 23.1 Å². The summed E-state index contributed by atoms with van der Waals surface area (Å²) in [6.07, 6.45) is 1.56. The van der Waals surface area contributed by atoms with E-state index in [9.17, 15) is 5.11 Å². The minimum atomic E-state index is 0. The fourth-order valence-electron chi connectivity index (χ4n) is 0.769. The van der Waals surface area contributed by atoms with Crippen molar-refractivity contribution in [3.05, 3.63) is 42.0 Å². The maximum absolute atomic E-state index is 11.0. The second-order valence-corrected chi connectivity index (χ2v) is 2.02. The first-order valence-electron chi connectivity index (χ1n) is 3.23. The molecular weight excluding hydrogens is 335 g/mol. The van der Waals surface area contributed by atoms with Crippen LogP contribution in [0.4, 0.5) is 0 Å². The van der Waals surface area contributed by atoms with E-state index in [0.717, 1.165) is 5.56 Å². The van der Waals surface area contributed by atoms with Gasteiger partial charge in [-0.15, -0.1) is 5.76 Å². The van der Waals surface area contributed by atoms with Crippen LogP contribution < -0.4 is 29.9 Å². The van der Waals surface area contributed by atoms with Gasteiger partial charge in [0.1, 0.15) is 0 Å². The van der Waals surface area contributed by atoms with E-state index in [2.05, 4.69) is 0 Å². The van der Waals surface area contributed by atoms with Crippen LogP contribution in [0.15, 0.2) is 36.4 Å². The van der Waals surface area contributed by atoms with E-state index in [4.69, 9.17) is 0 Å². The van der Waals surface area contributed by atoms with Crippen molar-refractivity contribution in [2.75, 3.05) is 0 Å². The summed E-state index contributed by atoms with van der Waals surface area (Å²) in [5, 5.41) is 11.0.